The lowest BCUT2D eigenvalue weighted by molar-refractivity contribution is -0.131. The van der Waals surface area contributed by atoms with Gasteiger partial charge in [-0.1, -0.05) is 6.07 Å². The maximum absolute atomic E-state index is 12.0. The van der Waals surface area contributed by atoms with E-state index in [1.54, 1.807) is 0 Å². The Labute approximate surface area is 203 Å². The molecule has 16 nitrogen and oxygen atoms in total. The number of aliphatic imine (C=N–C) groups is 1. The summed E-state index contributed by atoms with van der Waals surface area (Å²) in [5.41, 5.74) is -0.286. The summed E-state index contributed by atoms with van der Waals surface area (Å²) in [5, 5.41) is 27.3. The number of nitrogens with zero attached hydrogens (tertiary/aromatic N) is 6. The van der Waals surface area contributed by atoms with Crippen LogP contribution in [0.25, 0.3) is 0 Å². The van der Waals surface area contributed by atoms with Crippen molar-refractivity contribution in [2.24, 2.45) is 25.4 Å². The molecule has 186 valence electrons. The van der Waals surface area contributed by atoms with Gasteiger partial charge in [0, 0.05) is 0 Å². The molecule has 1 saturated heterocycles. The number of nitrogens with one attached hydrogen (secondary N) is 2. The van der Waals surface area contributed by atoms with E-state index in [2.05, 4.69) is 36.1 Å². The second kappa shape index (κ2) is 10.0. The minimum atomic E-state index is -4.89. The Kier molecular flexibility index (Phi) is 7.30. The van der Waals surface area contributed by atoms with Gasteiger partial charge in [-0.15, -0.1) is 4.99 Å². The van der Waals surface area contributed by atoms with E-state index in [0.717, 1.165) is 18.2 Å². The fourth-order valence-corrected chi connectivity index (χ4v) is 4.14. The van der Waals surface area contributed by atoms with Gasteiger partial charge in [-0.25, -0.2) is 0 Å². The largest absolute Gasteiger partial charge is 0.296 e. The SMILES string of the molecule is Cc1ccc(N=Nc2ccc(N=NC3C(=O)NC(=NC#N)NC3=O)c(S(=O)(=O)O)c2)cc1S(=O)(=O)O. The topological polar surface area (TPSA) is 253 Å². The fourth-order valence-electron chi connectivity index (χ4n) is 2.75. The average Bonchev–Trinajstić information content (AvgIpc) is 2.77. The molecule has 36 heavy (non-hydrogen) atoms. The summed E-state index contributed by atoms with van der Waals surface area (Å²) in [6.45, 7) is 1.45. The Morgan fingerprint density at radius 1 is 0.861 bits per heavy atom. The normalized spacial score (nSPS) is 16.6. The third-order valence-electron chi connectivity index (χ3n) is 4.37. The molecule has 0 radical (unpaired) electrons. The Balaban J connectivity index is 1.92. The lowest BCUT2D eigenvalue weighted by Crippen LogP contribution is -2.58. The van der Waals surface area contributed by atoms with E-state index in [1.165, 1.54) is 31.3 Å². The van der Waals surface area contributed by atoms with Crippen LogP contribution in [0.3, 0.4) is 0 Å². The van der Waals surface area contributed by atoms with Gasteiger partial charge in [-0.2, -0.15) is 42.6 Å². The van der Waals surface area contributed by atoms with Crippen LogP contribution < -0.4 is 10.6 Å². The molecule has 1 fully saturated rings. The summed E-state index contributed by atoms with van der Waals surface area (Å²) in [4.78, 5) is 26.0. The molecule has 0 bridgehead atoms. The van der Waals surface area contributed by atoms with Crippen molar-refractivity contribution in [3.8, 4) is 6.19 Å². The smallest absolute Gasteiger partial charge is 0.293 e. The molecule has 2 aromatic rings. The zero-order valence-corrected chi connectivity index (χ0v) is 19.5. The van der Waals surface area contributed by atoms with Crippen LogP contribution in [-0.2, 0) is 29.8 Å². The molecular formula is C18H14N8O8S2. The fraction of sp³-hybridized carbons (Fsp3) is 0.111. The number of amides is 2. The molecule has 4 N–H and O–H groups in total. The van der Waals surface area contributed by atoms with Crippen LogP contribution in [0.4, 0.5) is 17.1 Å². The van der Waals surface area contributed by atoms with Crippen LogP contribution in [0.15, 0.2) is 71.6 Å². The number of hydrogen-bond donors (Lipinski definition) is 4. The summed E-state index contributed by atoms with van der Waals surface area (Å²) in [6, 6.07) is 5.21. The van der Waals surface area contributed by atoms with Gasteiger partial charge in [0.15, 0.2) is 0 Å². The first-order valence-electron chi connectivity index (χ1n) is 9.40. The maximum atomic E-state index is 12.0. The first-order valence-corrected chi connectivity index (χ1v) is 12.3. The number of rotatable bonds is 6. The molecule has 0 spiro atoms. The van der Waals surface area contributed by atoms with Crippen molar-refractivity contribution in [2.45, 2.75) is 22.8 Å². The van der Waals surface area contributed by atoms with Gasteiger partial charge in [-0.05, 0) is 42.8 Å². The average molecular weight is 534 g/mol. The van der Waals surface area contributed by atoms with E-state index in [1.807, 2.05) is 0 Å². The molecule has 3 rings (SSSR count). The number of carbonyl (C=O) groups is 2. The first kappa shape index (κ1) is 26.2. The molecule has 1 heterocycles. The van der Waals surface area contributed by atoms with Gasteiger partial charge in [0.25, 0.3) is 32.1 Å². The number of aryl methyl sites for hydroxylation is 1. The molecule has 0 unspecified atom stereocenters. The van der Waals surface area contributed by atoms with Crippen molar-refractivity contribution in [2.75, 3.05) is 0 Å². The molecule has 0 aliphatic carbocycles. The summed E-state index contributed by atoms with van der Waals surface area (Å²) < 4.78 is 65.4. The molecular weight excluding hydrogens is 520 g/mol. The number of hydrogen-bond acceptors (Lipinski definition) is 12. The zero-order valence-electron chi connectivity index (χ0n) is 17.9. The Morgan fingerprint density at radius 3 is 1.92 bits per heavy atom. The number of guanidine groups is 1. The Morgan fingerprint density at radius 2 is 1.39 bits per heavy atom. The molecule has 1 aliphatic rings. The minimum absolute atomic E-state index is 0.0130. The van der Waals surface area contributed by atoms with E-state index >= 15 is 0 Å². The van der Waals surface area contributed by atoms with Gasteiger partial charge in [-0.3, -0.25) is 29.3 Å². The third-order valence-corrected chi connectivity index (χ3v) is 6.25. The predicted octanol–water partition coefficient (Wildman–Crippen LogP) is 1.44. The molecule has 0 saturated carbocycles. The summed E-state index contributed by atoms with van der Waals surface area (Å²) in [5.74, 6) is -2.39. The predicted molar refractivity (Wildman–Crippen MR) is 119 cm³/mol. The van der Waals surface area contributed by atoms with Gasteiger partial charge < -0.3 is 0 Å². The van der Waals surface area contributed by atoms with Crippen molar-refractivity contribution in [3.05, 3.63) is 42.0 Å². The monoisotopic (exact) mass is 534 g/mol. The molecule has 2 amide bonds. The van der Waals surface area contributed by atoms with Crippen molar-refractivity contribution in [1.29, 1.82) is 5.26 Å². The number of nitriles is 1. The summed E-state index contributed by atoms with van der Waals surface area (Å²) in [7, 11) is -9.41. The van der Waals surface area contributed by atoms with E-state index in [9.17, 15) is 35.5 Å². The van der Waals surface area contributed by atoms with Gasteiger partial charge in [0.05, 0.1) is 16.3 Å². The molecule has 18 heteroatoms. The highest BCUT2D eigenvalue weighted by Crippen LogP contribution is 2.31. The highest BCUT2D eigenvalue weighted by atomic mass is 32.2. The van der Waals surface area contributed by atoms with Crippen molar-refractivity contribution < 1.29 is 35.5 Å². The standard InChI is InChI=1S/C18H14N8O8S2/c1-9-2-3-10(6-13(9)35(29,30)31)23-24-11-4-5-12(14(7-11)36(32,33)34)25-26-15-16(27)21-18(20-8-19)22-17(15)28/h2-7,15H,1H3,(H,29,30,31)(H,32,33,34)(H2,20,21,22,27,28). The third kappa shape index (κ3) is 6.16. The second-order valence-corrected chi connectivity index (χ2v) is 9.69. The lowest BCUT2D eigenvalue weighted by atomic mass is 10.2. The molecule has 0 atom stereocenters. The Bertz CT molecular complexity index is 1590. The van der Waals surface area contributed by atoms with Crippen LogP contribution in [0.2, 0.25) is 0 Å². The van der Waals surface area contributed by atoms with Crippen LogP contribution in [0.5, 0.6) is 0 Å². The summed E-state index contributed by atoms with van der Waals surface area (Å²) in [6.07, 6.45) is 1.37. The zero-order chi connectivity index (χ0) is 26.7. The number of azo groups is 2. The van der Waals surface area contributed by atoms with Gasteiger partial charge in [0.2, 0.25) is 18.2 Å². The van der Waals surface area contributed by atoms with E-state index in [0.29, 0.717) is 0 Å². The highest BCUT2D eigenvalue weighted by molar-refractivity contribution is 7.86. The van der Waals surface area contributed by atoms with Crippen LogP contribution in [-0.4, -0.2) is 49.8 Å². The van der Waals surface area contributed by atoms with Crippen LogP contribution in [0.1, 0.15) is 5.56 Å². The maximum Gasteiger partial charge on any atom is 0.296 e. The quantitative estimate of drug-likeness (QED) is 0.181. The van der Waals surface area contributed by atoms with Gasteiger partial charge in [0.1, 0.15) is 10.6 Å². The minimum Gasteiger partial charge on any atom is -0.293 e. The van der Waals surface area contributed by atoms with Gasteiger partial charge >= 0.3 is 0 Å². The van der Waals surface area contributed by atoms with Crippen molar-refractivity contribution in [3.63, 3.8) is 0 Å². The lowest BCUT2D eigenvalue weighted by Gasteiger charge is -2.18. The molecule has 0 aromatic heterocycles. The van der Waals surface area contributed by atoms with Crippen LogP contribution in [0, 0.1) is 18.4 Å². The van der Waals surface area contributed by atoms with E-state index < -0.39 is 59.5 Å². The van der Waals surface area contributed by atoms with Crippen molar-refractivity contribution in [1.82, 2.24) is 10.6 Å². The second-order valence-electron chi connectivity index (χ2n) is 6.91. The first-order chi connectivity index (χ1) is 16.8. The molecule has 2 aromatic carbocycles. The van der Waals surface area contributed by atoms with E-state index in [4.69, 9.17) is 5.26 Å². The Hall–Kier alpha value is -4.44. The van der Waals surface area contributed by atoms with E-state index in [-0.39, 0.29) is 16.9 Å². The van der Waals surface area contributed by atoms with Crippen LogP contribution >= 0.6 is 0 Å². The number of carbonyl (C=O) groups excluding carboxylic acids is 2. The molecule has 1 aliphatic heterocycles. The van der Waals surface area contributed by atoms with Crippen molar-refractivity contribution >= 4 is 55.1 Å². The summed E-state index contributed by atoms with van der Waals surface area (Å²) >= 11 is 0. The number of benzene rings is 2. The highest BCUT2D eigenvalue weighted by Gasteiger charge is 2.33.